The Kier molecular flexibility index (Phi) is 5.60. The van der Waals surface area contributed by atoms with Crippen LogP contribution in [0.5, 0.6) is 0 Å². The molecule has 3 rings (SSSR count). The summed E-state index contributed by atoms with van der Waals surface area (Å²) >= 11 is 5.69. The van der Waals surface area contributed by atoms with E-state index in [2.05, 4.69) is 5.32 Å². The van der Waals surface area contributed by atoms with Crippen LogP contribution in [0.3, 0.4) is 0 Å². The minimum atomic E-state index is -3.48. The van der Waals surface area contributed by atoms with Gasteiger partial charge in [0.05, 0.1) is 11.3 Å². The molecule has 0 saturated carbocycles. The Bertz CT molecular complexity index is 911. The summed E-state index contributed by atoms with van der Waals surface area (Å²) in [5.41, 5.74) is 0.685. The zero-order valence-electron chi connectivity index (χ0n) is 13.9. The second-order valence-corrected chi connectivity index (χ2v) is 8.47. The second-order valence-electron chi connectivity index (χ2n) is 6.10. The molecular weight excluding hydrogens is 379 g/mol. The van der Waals surface area contributed by atoms with Crippen LogP contribution in [0.4, 0.5) is 10.1 Å². The number of nitrogens with zero attached hydrogens (tertiary/aromatic N) is 1. The van der Waals surface area contributed by atoms with Crippen LogP contribution < -0.4 is 5.32 Å². The number of anilines is 1. The van der Waals surface area contributed by atoms with Crippen molar-refractivity contribution in [1.82, 2.24) is 4.31 Å². The van der Waals surface area contributed by atoms with Crippen LogP contribution in [0.1, 0.15) is 18.4 Å². The van der Waals surface area contributed by atoms with E-state index in [0.717, 1.165) is 18.9 Å². The van der Waals surface area contributed by atoms with Gasteiger partial charge in [0, 0.05) is 23.8 Å². The van der Waals surface area contributed by atoms with Gasteiger partial charge in [0.1, 0.15) is 5.82 Å². The number of halogens is 2. The van der Waals surface area contributed by atoms with Crippen LogP contribution >= 0.6 is 11.6 Å². The molecule has 0 aromatic heterocycles. The number of nitrogens with one attached hydrogen (secondary N) is 1. The summed E-state index contributed by atoms with van der Waals surface area (Å²) < 4.78 is 40.1. The average molecular weight is 397 g/mol. The van der Waals surface area contributed by atoms with Gasteiger partial charge in [-0.05, 0) is 54.8 Å². The largest absolute Gasteiger partial charge is 0.326 e. The molecule has 26 heavy (non-hydrogen) atoms. The molecule has 1 saturated heterocycles. The molecule has 138 valence electrons. The summed E-state index contributed by atoms with van der Waals surface area (Å²) in [5, 5.41) is 2.90. The molecule has 0 unspecified atom stereocenters. The molecule has 0 radical (unpaired) electrons. The van der Waals surface area contributed by atoms with E-state index >= 15 is 0 Å². The van der Waals surface area contributed by atoms with E-state index in [1.165, 1.54) is 40.7 Å². The molecule has 1 aliphatic rings. The molecule has 0 aliphatic carbocycles. The molecule has 2 aromatic rings. The first-order chi connectivity index (χ1) is 12.4. The van der Waals surface area contributed by atoms with Gasteiger partial charge < -0.3 is 5.32 Å². The second kappa shape index (κ2) is 7.73. The lowest BCUT2D eigenvalue weighted by atomic mass is 10.1. The Hall–Kier alpha value is -1.96. The van der Waals surface area contributed by atoms with Gasteiger partial charge in [-0.25, -0.2) is 12.8 Å². The fourth-order valence-electron chi connectivity index (χ4n) is 2.83. The zero-order chi connectivity index (χ0) is 18.7. The molecule has 1 heterocycles. The number of carbonyl (C=O) groups excluding carboxylic acids is 1. The van der Waals surface area contributed by atoms with Crippen LogP contribution in [0, 0.1) is 5.82 Å². The molecular formula is C18H18ClFN2O3S. The summed E-state index contributed by atoms with van der Waals surface area (Å²) in [4.78, 5) is 12.3. The van der Waals surface area contributed by atoms with Crippen molar-refractivity contribution in [3.05, 3.63) is 58.9 Å². The standard InChI is InChI=1S/C18H18ClFN2O3S/c19-14-4-3-13(17(20)12-14)11-18(23)21-15-5-7-16(8-6-15)26(24,25)22-9-1-2-10-22/h3-8,12H,1-2,9-11H2,(H,21,23). The van der Waals surface area contributed by atoms with E-state index in [-0.39, 0.29) is 21.9 Å². The van der Waals surface area contributed by atoms with E-state index in [1.54, 1.807) is 0 Å². The zero-order valence-corrected chi connectivity index (χ0v) is 15.5. The van der Waals surface area contributed by atoms with Crippen LogP contribution in [-0.2, 0) is 21.2 Å². The predicted octanol–water partition coefficient (Wildman–Crippen LogP) is 3.44. The summed E-state index contributed by atoms with van der Waals surface area (Å²) in [6.07, 6.45) is 1.60. The molecule has 5 nitrogen and oxygen atoms in total. The van der Waals surface area contributed by atoms with Crippen molar-refractivity contribution >= 4 is 33.2 Å². The Morgan fingerprint density at radius 1 is 1.12 bits per heavy atom. The van der Waals surface area contributed by atoms with Crippen molar-refractivity contribution in [2.75, 3.05) is 18.4 Å². The highest BCUT2D eigenvalue weighted by Gasteiger charge is 2.26. The molecule has 0 atom stereocenters. The first-order valence-electron chi connectivity index (χ1n) is 8.20. The third kappa shape index (κ3) is 4.23. The molecule has 1 N–H and O–H groups in total. The number of hydrogen-bond donors (Lipinski definition) is 1. The smallest absolute Gasteiger partial charge is 0.243 e. The van der Waals surface area contributed by atoms with E-state index in [0.29, 0.717) is 18.8 Å². The number of sulfonamides is 1. The normalized spacial score (nSPS) is 15.2. The molecule has 2 aromatic carbocycles. The molecule has 0 spiro atoms. The van der Waals surface area contributed by atoms with Crippen LogP contribution in [0.25, 0.3) is 0 Å². The number of amides is 1. The van der Waals surface area contributed by atoms with Crippen LogP contribution in [0.2, 0.25) is 5.02 Å². The van der Waals surface area contributed by atoms with Crippen molar-refractivity contribution in [3.63, 3.8) is 0 Å². The summed E-state index contributed by atoms with van der Waals surface area (Å²) in [6.45, 7) is 1.07. The van der Waals surface area contributed by atoms with Gasteiger partial charge in [-0.3, -0.25) is 4.79 Å². The van der Waals surface area contributed by atoms with Crippen LogP contribution in [-0.4, -0.2) is 31.7 Å². The van der Waals surface area contributed by atoms with Gasteiger partial charge in [-0.1, -0.05) is 17.7 Å². The summed E-state index contributed by atoms with van der Waals surface area (Å²) in [7, 11) is -3.48. The van der Waals surface area contributed by atoms with E-state index < -0.39 is 21.7 Å². The van der Waals surface area contributed by atoms with E-state index in [1.807, 2.05) is 0 Å². The lowest BCUT2D eigenvalue weighted by molar-refractivity contribution is -0.115. The summed E-state index contributed by atoms with van der Waals surface area (Å²) in [5.74, 6) is -0.943. The number of hydrogen-bond acceptors (Lipinski definition) is 3. The van der Waals surface area contributed by atoms with Gasteiger partial charge in [0.15, 0.2) is 0 Å². The van der Waals surface area contributed by atoms with Crippen LogP contribution in [0.15, 0.2) is 47.4 Å². The summed E-state index contributed by atoms with van der Waals surface area (Å²) in [6, 6.07) is 10.1. The monoisotopic (exact) mass is 396 g/mol. The lowest BCUT2D eigenvalue weighted by Crippen LogP contribution is -2.27. The maximum absolute atomic E-state index is 13.7. The molecule has 1 aliphatic heterocycles. The highest BCUT2D eigenvalue weighted by molar-refractivity contribution is 7.89. The third-order valence-corrected chi connectivity index (χ3v) is 6.35. The minimum Gasteiger partial charge on any atom is -0.326 e. The first kappa shape index (κ1) is 18.8. The van der Waals surface area contributed by atoms with Gasteiger partial charge in [-0.2, -0.15) is 4.31 Å². The number of carbonyl (C=O) groups is 1. The van der Waals surface area contributed by atoms with Gasteiger partial charge in [0.2, 0.25) is 15.9 Å². The quantitative estimate of drug-likeness (QED) is 0.841. The highest BCUT2D eigenvalue weighted by Crippen LogP contribution is 2.22. The van der Waals surface area contributed by atoms with Gasteiger partial charge >= 0.3 is 0 Å². The van der Waals surface area contributed by atoms with Gasteiger partial charge in [-0.15, -0.1) is 0 Å². The van der Waals surface area contributed by atoms with Crippen molar-refractivity contribution in [1.29, 1.82) is 0 Å². The molecule has 1 fully saturated rings. The predicted molar refractivity (Wildman–Crippen MR) is 98.2 cm³/mol. The van der Waals surface area contributed by atoms with Crippen molar-refractivity contribution in [2.45, 2.75) is 24.2 Å². The average Bonchev–Trinajstić information content (AvgIpc) is 3.13. The Morgan fingerprint density at radius 3 is 2.38 bits per heavy atom. The minimum absolute atomic E-state index is 0.142. The van der Waals surface area contributed by atoms with E-state index in [4.69, 9.17) is 11.6 Å². The number of rotatable bonds is 5. The van der Waals surface area contributed by atoms with Crippen molar-refractivity contribution < 1.29 is 17.6 Å². The fourth-order valence-corrected chi connectivity index (χ4v) is 4.51. The van der Waals surface area contributed by atoms with E-state index in [9.17, 15) is 17.6 Å². The van der Waals surface area contributed by atoms with Crippen molar-refractivity contribution in [3.8, 4) is 0 Å². The fraction of sp³-hybridized carbons (Fsp3) is 0.278. The Morgan fingerprint density at radius 2 is 1.77 bits per heavy atom. The Balaban J connectivity index is 1.66. The lowest BCUT2D eigenvalue weighted by Gasteiger charge is -2.15. The first-order valence-corrected chi connectivity index (χ1v) is 10.0. The maximum atomic E-state index is 13.7. The SMILES string of the molecule is O=C(Cc1ccc(Cl)cc1F)Nc1ccc(S(=O)(=O)N2CCCC2)cc1. The number of benzene rings is 2. The topological polar surface area (TPSA) is 66.5 Å². The molecule has 0 bridgehead atoms. The molecule has 1 amide bonds. The molecule has 8 heteroatoms. The van der Waals surface area contributed by atoms with Crippen molar-refractivity contribution in [2.24, 2.45) is 0 Å². The highest BCUT2D eigenvalue weighted by atomic mass is 35.5. The third-order valence-electron chi connectivity index (χ3n) is 4.21. The van der Waals surface area contributed by atoms with Gasteiger partial charge in [0.25, 0.3) is 0 Å². The maximum Gasteiger partial charge on any atom is 0.243 e. The Labute approximate surface area is 156 Å².